The second-order valence-corrected chi connectivity index (χ2v) is 23.2. The summed E-state index contributed by atoms with van der Waals surface area (Å²) in [5, 5.41) is 12.6. The lowest BCUT2D eigenvalue weighted by atomic mass is 10.1. The minimum atomic E-state index is 0.0646. The van der Waals surface area contributed by atoms with E-state index < -0.39 is 0 Å². The summed E-state index contributed by atoms with van der Waals surface area (Å²) < 4.78 is 0. The molecule has 0 atom stereocenters. The molecule has 0 aliphatic rings. The van der Waals surface area contributed by atoms with Gasteiger partial charge in [-0.25, -0.2) is 0 Å². The topological polar surface area (TPSA) is 76.1 Å². The van der Waals surface area contributed by atoms with E-state index in [-0.39, 0.29) is 6.61 Å². The van der Waals surface area contributed by atoms with E-state index in [4.69, 9.17) is 0 Å². The molecular weight excluding hydrogens is 1140 g/mol. The molecule has 0 spiro atoms. The molecule has 0 fully saturated rings. The maximum atomic E-state index is 10.9. The lowest BCUT2D eigenvalue weighted by Crippen LogP contribution is -2.10. The standard InChI is InChI=1S/C23H25NO.C22H19NO2.C20H19N.C12H11N.C9H12/c1-4-19-6-11-21(12-7-19)24(22-13-8-20(16-25)9-14-22)23-10-5-17(2)18(3)15-23;1-16-3-8-22(13-17(16)2)23(20-9-4-18(14-24)5-10-20)21-11-6-19(15-25)7-12-21;1-16-13-14-20(15-17(16)2)21(18-9-5-3-6-10-18)19-11-7-4-8-12-19;1-3-7-11(8-4-1)13-12-9-5-2-6-10-12;1-7-4-5-8(2)9(3)6-7/h5-15,25H,4,16H2,1-3H3;3-15H,1-2H3;3-15H,1-2H3;1-10,13H;4-6H,1-3H3. The SMILES string of the molecule is CCc1ccc(N(c2ccc(CO)cc2)c2ccc(C)c(C)c2)cc1.Cc1ccc(C)c(C)c1.Cc1ccc(N(c2ccc(C=O)cc2)c2ccc(C=O)cc2)cc1C.Cc1ccc(N(c2ccccc2)c2ccccc2)cc1C.c1ccc(Nc2ccccc2)cc1. The van der Waals surface area contributed by atoms with Crippen molar-refractivity contribution in [3.63, 3.8) is 0 Å². The second-order valence-electron chi connectivity index (χ2n) is 23.2. The first-order valence-corrected chi connectivity index (χ1v) is 31.7. The van der Waals surface area contributed by atoms with Crippen LogP contribution in [-0.2, 0) is 13.0 Å². The molecular formula is C86H86N4O3. The number of aryl methyl sites for hydroxylation is 10. The number of para-hydroxylation sites is 4. The summed E-state index contributed by atoms with van der Waals surface area (Å²) >= 11 is 0. The third-order valence-corrected chi connectivity index (χ3v) is 16.3. The number of carbonyl (C=O) groups is 2. The van der Waals surface area contributed by atoms with Crippen LogP contribution in [0.4, 0.5) is 62.6 Å². The highest BCUT2D eigenvalue weighted by Gasteiger charge is 2.16. The number of nitrogens with one attached hydrogen (secondary N) is 1. The van der Waals surface area contributed by atoms with Crippen molar-refractivity contribution in [3.05, 3.63) is 364 Å². The zero-order valence-electron chi connectivity index (χ0n) is 55.4. The van der Waals surface area contributed by atoms with Gasteiger partial charge >= 0.3 is 0 Å². The number of aldehydes is 2. The molecule has 12 aromatic rings. The van der Waals surface area contributed by atoms with Gasteiger partial charge in [0, 0.05) is 73.7 Å². The van der Waals surface area contributed by atoms with Crippen molar-refractivity contribution in [1.29, 1.82) is 0 Å². The summed E-state index contributed by atoms with van der Waals surface area (Å²) in [4.78, 5) is 28.5. The molecule has 0 unspecified atom stereocenters. The number of rotatable bonds is 15. The van der Waals surface area contributed by atoms with Gasteiger partial charge in [0.2, 0.25) is 0 Å². The first-order chi connectivity index (χ1) is 45.1. The van der Waals surface area contributed by atoms with Gasteiger partial charge in [-0.15, -0.1) is 0 Å². The zero-order chi connectivity index (χ0) is 66.1. The van der Waals surface area contributed by atoms with Crippen molar-refractivity contribution in [2.45, 2.75) is 82.3 Å². The number of anilines is 11. The Hall–Kier alpha value is -10.9. The summed E-state index contributed by atoms with van der Waals surface area (Å²) in [6, 6.07) is 98.9. The fraction of sp³-hybridized carbons (Fsp3) is 0.140. The lowest BCUT2D eigenvalue weighted by molar-refractivity contribution is 0.111. The van der Waals surface area contributed by atoms with Crippen LogP contribution in [0.15, 0.2) is 291 Å². The molecule has 7 nitrogen and oxygen atoms in total. The largest absolute Gasteiger partial charge is 0.392 e. The second kappa shape index (κ2) is 34.4. The van der Waals surface area contributed by atoms with Gasteiger partial charge in [-0.05, 0) is 282 Å². The van der Waals surface area contributed by atoms with Crippen LogP contribution < -0.4 is 20.0 Å². The van der Waals surface area contributed by atoms with Crippen LogP contribution in [0.25, 0.3) is 0 Å². The van der Waals surface area contributed by atoms with Crippen LogP contribution in [-0.4, -0.2) is 17.7 Å². The van der Waals surface area contributed by atoms with Gasteiger partial charge < -0.3 is 25.1 Å². The van der Waals surface area contributed by atoms with E-state index in [1.807, 2.05) is 109 Å². The molecule has 0 aromatic heterocycles. The van der Waals surface area contributed by atoms with Gasteiger partial charge in [0.15, 0.2) is 0 Å². The fourth-order valence-electron chi connectivity index (χ4n) is 10.2. The zero-order valence-corrected chi connectivity index (χ0v) is 55.4. The summed E-state index contributed by atoms with van der Waals surface area (Å²) in [7, 11) is 0. The van der Waals surface area contributed by atoms with Crippen LogP contribution in [0.2, 0.25) is 0 Å². The molecule has 12 aromatic carbocycles. The maximum absolute atomic E-state index is 10.9. The van der Waals surface area contributed by atoms with Crippen molar-refractivity contribution in [3.8, 4) is 0 Å². The monoisotopic (exact) mass is 1220 g/mol. The Balaban J connectivity index is 0.000000155. The van der Waals surface area contributed by atoms with Gasteiger partial charge in [-0.2, -0.15) is 0 Å². The Labute approximate surface area is 552 Å². The summed E-state index contributed by atoms with van der Waals surface area (Å²) in [6.45, 7) is 21.4. The summed E-state index contributed by atoms with van der Waals surface area (Å²) in [6.07, 6.45) is 2.71. The predicted octanol–water partition coefficient (Wildman–Crippen LogP) is 23.0. The Kier molecular flexibility index (Phi) is 25.1. The lowest BCUT2D eigenvalue weighted by Gasteiger charge is -2.26. The molecule has 93 heavy (non-hydrogen) atoms. The molecule has 0 aliphatic heterocycles. The Morgan fingerprint density at radius 2 is 0.559 bits per heavy atom. The highest BCUT2D eigenvalue weighted by molar-refractivity contribution is 5.83. The number of aliphatic hydroxyl groups excluding tert-OH is 1. The molecule has 0 saturated carbocycles. The molecule has 0 amide bonds. The van der Waals surface area contributed by atoms with Crippen LogP contribution in [0.1, 0.15) is 88.8 Å². The Morgan fingerprint density at radius 3 is 0.839 bits per heavy atom. The first-order valence-electron chi connectivity index (χ1n) is 31.7. The quantitative estimate of drug-likeness (QED) is 0.0991. The molecule has 2 N–H and O–H groups in total. The summed E-state index contributed by atoms with van der Waals surface area (Å²) in [5.74, 6) is 0. The predicted molar refractivity (Wildman–Crippen MR) is 395 cm³/mol. The first kappa shape index (κ1) is 68.1. The highest BCUT2D eigenvalue weighted by Crippen LogP contribution is 2.38. The molecule has 468 valence electrons. The van der Waals surface area contributed by atoms with Crippen molar-refractivity contribution in [1.82, 2.24) is 0 Å². The molecule has 0 heterocycles. The van der Waals surface area contributed by atoms with Crippen molar-refractivity contribution in [2.75, 3.05) is 20.0 Å². The van der Waals surface area contributed by atoms with Crippen LogP contribution in [0.5, 0.6) is 0 Å². The van der Waals surface area contributed by atoms with Crippen molar-refractivity contribution < 1.29 is 14.7 Å². The van der Waals surface area contributed by atoms with E-state index in [9.17, 15) is 14.7 Å². The smallest absolute Gasteiger partial charge is 0.150 e. The molecule has 0 saturated heterocycles. The molecule has 7 heteroatoms. The average Bonchev–Trinajstić information content (AvgIpc) is 1.24. The van der Waals surface area contributed by atoms with Crippen molar-refractivity contribution in [2.24, 2.45) is 0 Å². The van der Waals surface area contributed by atoms with Crippen LogP contribution in [0, 0.1) is 62.3 Å². The Morgan fingerprint density at radius 1 is 0.290 bits per heavy atom. The molecule has 12 rings (SSSR count). The normalized spacial score (nSPS) is 10.3. The van der Waals surface area contributed by atoms with E-state index in [2.05, 4.69) is 247 Å². The molecule has 0 aliphatic carbocycles. The van der Waals surface area contributed by atoms with E-state index >= 15 is 0 Å². The van der Waals surface area contributed by atoms with Gasteiger partial charge in [0.05, 0.1) is 6.61 Å². The maximum Gasteiger partial charge on any atom is 0.150 e. The number of carbonyl (C=O) groups excluding carboxylic acids is 2. The van der Waals surface area contributed by atoms with E-state index in [0.717, 1.165) is 70.1 Å². The van der Waals surface area contributed by atoms with Gasteiger partial charge in [-0.1, -0.05) is 146 Å². The molecule has 0 radical (unpaired) electrons. The highest BCUT2D eigenvalue weighted by atomic mass is 16.3. The van der Waals surface area contributed by atoms with E-state index in [1.165, 1.54) is 72.7 Å². The van der Waals surface area contributed by atoms with Gasteiger partial charge in [0.1, 0.15) is 12.6 Å². The Bertz CT molecular complexity index is 4080. The number of benzene rings is 12. The summed E-state index contributed by atoms with van der Waals surface area (Å²) in [5.41, 5.74) is 27.3. The van der Waals surface area contributed by atoms with Gasteiger partial charge in [-0.3, -0.25) is 9.59 Å². The average molecular weight is 1220 g/mol. The number of hydrogen-bond donors (Lipinski definition) is 2. The van der Waals surface area contributed by atoms with Crippen LogP contribution >= 0.6 is 0 Å². The number of aliphatic hydroxyl groups is 1. The number of hydrogen-bond acceptors (Lipinski definition) is 7. The van der Waals surface area contributed by atoms with E-state index in [0.29, 0.717) is 11.1 Å². The third kappa shape index (κ3) is 19.6. The minimum Gasteiger partial charge on any atom is -0.392 e. The molecule has 0 bridgehead atoms. The van der Waals surface area contributed by atoms with E-state index in [1.54, 1.807) is 24.3 Å². The number of nitrogens with zero attached hydrogens (tertiary/aromatic N) is 3. The fourth-order valence-corrected chi connectivity index (χ4v) is 10.2. The van der Waals surface area contributed by atoms with Crippen molar-refractivity contribution >= 4 is 75.1 Å². The van der Waals surface area contributed by atoms with Gasteiger partial charge in [0.25, 0.3) is 0 Å². The third-order valence-electron chi connectivity index (χ3n) is 16.3. The van der Waals surface area contributed by atoms with Crippen LogP contribution in [0.3, 0.4) is 0 Å². The minimum absolute atomic E-state index is 0.0646.